The molecule has 1 unspecified atom stereocenters. The van der Waals surface area contributed by atoms with E-state index < -0.39 is 0 Å². The van der Waals surface area contributed by atoms with E-state index in [4.69, 9.17) is 4.74 Å². The summed E-state index contributed by atoms with van der Waals surface area (Å²) >= 11 is 1.57. The van der Waals surface area contributed by atoms with Crippen molar-refractivity contribution in [1.29, 1.82) is 0 Å². The Kier molecular flexibility index (Phi) is 2.79. The smallest absolute Gasteiger partial charge is 0.255 e. The van der Waals surface area contributed by atoms with E-state index in [0.29, 0.717) is 12.6 Å². The Morgan fingerprint density at radius 3 is 3.06 bits per heavy atom. The Balaban J connectivity index is 1.80. The van der Waals surface area contributed by atoms with E-state index >= 15 is 0 Å². The molecule has 0 radical (unpaired) electrons. The van der Waals surface area contributed by atoms with Crippen LogP contribution in [0, 0.1) is 13.8 Å². The number of thiazole rings is 1. The van der Waals surface area contributed by atoms with Gasteiger partial charge in [0.1, 0.15) is 6.10 Å². The molecule has 1 amide bonds. The fourth-order valence-electron chi connectivity index (χ4n) is 1.97. The van der Waals surface area contributed by atoms with E-state index in [-0.39, 0.29) is 12.0 Å². The molecule has 7 heteroatoms. The van der Waals surface area contributed by atoms with Crippen molar-refractivity contribution in [3.05, 3.63) is 10.6 Å². The first-order valence-corrected chi connectivity index (χ1v) is 6.72. The zero-order valence-electron chi connectivity index (χ0n) is 10.3. The average Bonchev–Trinajstić information content (AvgIpc) is 3.00. The van der Waals surface area contributed by atoms with Crippen LogP contribution < -0.4 is 5.32 Å². The molecule has 18 heavy (non-hydrogen) atoms. The number of fused-ring (bicyclic) bond motifs is 1. The van der Waals surface area contributed by atoms with Crippen molar-refractivity contribution in [2.75, 3.05) is 11.9 Å². The maximum Gasteiger partial charge on any atom is 0.255 e. The van der Waals surface area contributed by atoms with E-state index in [1.54, 1.807) is 15.9 Å². The first kappa shape index (κ1) is 11.6. The van der Waals surface area contributed by atoms with Crippen LogP contribution in [-0.2, 0) is 9.53 Å². The molecule has 0 aliphatic carbocycles. The second-order valence-corrected chi connectivity index (χ2v) is 5.55. The molecule has 3 heterocycles. The van der Waals surface area contributed by atoms with E-state index in [1.165, 1.54) is 4.88 Å². The molecule has 1 atom stereocenters. The van der Waals surface area contributed by atoms with Crippen molar-refractivity contribution < 1.29 is 9.53 Å². The third-order valence-electron chi connectivity index (χ3n) is 3.11. The van der Waals surface area contributed by atoms with E-state index in [9.17, 15) is 4.79 Å². The summed E-state index contributed by atoms with van der Waals surface area (Å²) in [5.41, 5.74) is 1.06. The minimum absolute atomic E-state index is 0.153. The van der Waals surface area contributed by atoms with Gasteiger partial charge in [-0.25, -0.2) is 4.52 Å². The van der Waals surface area contributed by atoms with Gasteiger partial charge < -0.3 is 4.74 Å². The minimum Gasteiger partial charge on any atom is -0.368 e. The highest BCUT2D eigenvalue weighted by atomic mass is 32.1. The van der Waals surface area contributed by atoms with Crippen LogP contribution in [0.3, 0.4) is 0 Å². The molecule has 1 aliphatic rings. The van der Waals surface area contributed by atoms with Crippen LogP contribution >= 0.6 is 11.3 Å². The van der Waals surface area contributed by atoms with Gasteiger partial charge >= 0.3 is 0 Å². The van der Waals surface area contributed by atoms with Gasteiger partial charge in [-0.15, -0.1) is 5.10 Å². The number of carbonyl (C=O) groups excluding carboxylic acids is 1. The fraction of sp³-hybridized carbons (Fsp3) is 0.545. The largest absolute Gasteiger partial charge is 0.368 e. The van der Waals surface area contributed by atoms with Gasteiger partial charge in [0.05, 0.1) is 5.69 Å². The summed E-state index contributed by atoms with van der Waals surface area (Å²) in [6, 6.07) is 0. The van der Waals surface area contributed by atoms with Crippen LogP contribution in [0.2, 0.25) is 0 Å². The van der Waals surface area contributed by atoms with Crippen LogP contribution in [0.1, 0.15) is 23.4 Å². The maximum atomic E-state index is 11.8. The number of hydrogen-bond donors (Lipinski definition) is 1. The van der Waals surface area contributed by atoms with Gasteiger partial charge in [0.15, 0.2) is 0 Å². The lowest BCUT2D eigenvalue weighted by molar-refractivity contribution is -0.124. The number of ether oxygens (including phenoxy) is 1. The Morgan fingerprint density at radius 1 is 1.56 bits per heavy atom. The highest BCUT2D eigenvalue weighted by Gasteiger charge is 2.24. The summed E-state index contributed by atoms with van der Waals surface area (Å²) in [4.78, 5) is 18.1. The van der Waals surface area contributed by atoms with E-state index in [2.05, 4.69) is 15.4 Å². The van der Waals surface area contributed by atoms with Crippen LogP contribution in [0.15, 0.2) is 0 Å². The number of aromatic nitrogens is 3. The quantitative estimate of drug-likeness (QED) is 0.895. The highest BCUT2D eigenvalue weighted by Crippen LogP contribution is 2.21. The van der Waals surface area contributed by atoms with Crippen molar-refractivity contribution in [3.8, 4) is 0 Å². The second kappa shape index (κ2) is 4.33. The molecule has 1 N–H and O–H groups in total. The van der Waals surface area contributed by atoms with Crippen molar-refractivity contribution in [2.24, 2.45) is 0 Å². The summed E-state index contributed by atoms with van der Waals surface area (Å²) in [7, 11) is 0. The Hall–Kier alpha value is -1.47. The second-order valence-electron chi connectivity index (χ2n) is 4.36. The highest BCUT2D eigenvalue weighted by molar-refractivity contribution is 7.17. The molecule has 0 bridgehead atoms. The summed E-state index contributed by atoms with van der Waals surface area (Å²) in [5, 5.41) is 6.98. The summed E-state index contributed by atoms with van der Waals surface area (Å²) < 4.78 is 7.07. The molecular weight excluding hydrogens is 252 g/mol. The summed E-state index contributed by atoms with van der Waals surface area (Å²) in [5.74, 6) is 0.199. The van der Waals surface area contributed by atoms with Gasteiger partial charge in [0.25, 0.3) is 11.9 Å². The standard InChI is InChI=1S/C11H14N4O2S/c1-6-7(2)18-11-13-10(14-15(6)11)12-9(16)8-4-3-5-17-8/h8H,3-5H2,1-2H3,(H,12,14,16). The normalized spacial score (nSPS) is 19.6. The van der Waals surface area contributed by atoms with Gasteiger partial charge in [0, 0.05) is 11.5 Å². The molecule has 0 aromatic carbocycles. The van der Waals surface area contributed by atoms with Crippen LogP contribution in [-0.4, -0.2) is 33.2 Å². The number of nitrogens with one attached hydrogen (secondary N) is 1. The fourth-order valence-corrected chi connectivity index (χ4v) is 2.87. The summed E-state index contributed by atoms with van der Waals surface area (Å²) in [6.45, 7) is 4.67. The Morgan fingerprint density at radius 2 is 2.39 bits per heavy atom. The van der Waals surface area contributed by atoms with Gasteiger partial charge in [-0.05, 0) is 26.7 Å². The van der Waals surface area contributed by atoms with Crippen LogP contribution in [0.5, 0.6) is 0 Å². The molecule has 2 aromatic heterocycles. The van der Waals surface area contributed by atoms with Crippen LogP contribution in [0.25, 0.3) is 4.96 Å². The van der Waals surface area contributed by atoms with Gasteiger partial charge in [-0.1, -0.05) is 11.3 Å². The first-order chi connectivity index (χ1) is 8.65. The molecule has 1 saturated heterocycles. The zero-order chi connectivity index (χ0) is 12.7. The first-order valence-electron chi connectivity index (χ1n) is 5.90. The molecule has 1 fully saturated rings. The molecule has 3 rings (SSSR count). The monoisotopic (exact) mass is 266 g/mol. The molecular formula is C11H14N4O2S. The topological polar surface area (TPSA) is 68.5 Å². The molecule has 6 nitrogen and oxygen atoms in total. The van der Waals surface area contributed by atoms with Crippen molar-refractivity contribution >= 4 is 28.2 Å². The number of nitrogens with zero attached hydrogens (tertiary/aromatic N) is 3. The predicted octanol–water partition coefficient (Wildman–Crippen LogP) is 1.53. The van der Waals surface area contributed by atoms with Crippen molar-refractivity contribution in [3.63, 3.8) is 0 Å². The van der Waals surface area contributed by atoms with Crippen LogP contribution in [0.4, 0.5) is 5.95 Å². The molecule has 0 spiro atoms. The minimum atomic E-state index is -0.352. The van der Waals surface area contributed by atoms with Gasteiger partial charge in [-0.3, -0.25) is 10.1 Å². The number of aryl methyl sites for hydroxylation is 2. The number of anilines is 1. The third kappa shape index (κ3) is 1.89. The number of rotatable bonds is 2. The molecule has 0 saturated carbocycles. The average molecular weight is 266 g/mol. The summed E-state index contributed by atoms with van der Waals surface area (Å²) in [6.07, 6.45) is 1.35. The molecule has 1 aliphatic heterocycles. The van der Waals surface area contributed by atoms with E-state index in [0.717, 1.165) is 23.5 Å². The van der Waals surface area contributed by atoms with Gasteiger partial charge in [0.2, 0.25) is 4.96 Å². The number of hydrogen-bond acceptors (Lipinski definition) is 5. The van der Waals surface area contributed by atoms with E-state index in [1.807, 2.05) is 13.8 Å². The SMILES string of the molecule is Cc1sc2nc(NC(=O)C3CCCO3)nn2c1C. The predicted molar refractivity (Wildman–Crippen MR) is 67.9 cm³/mol. The van der Waals surface area contributed by atoms with Crippen molar-refractivity contribution in [2.45, 2.75) is 32.8 Å². The third-order valence-corrected chi connectivity index (χ3v) is 4.15. The lowest BCUT2D eigenvalue weighted by atomic mass is 10.2. The Bertz CT molecular complexity index is 597. The van der Waals surface area contributed by atoms with Gasteiger partial charge in [-0.2, -0.15) is 4.98 Å². The lowest BCUT2D eigenvalue weighted by Gasteiger charge is -2.06. The zero-order valence-corrected chi connectivity index (χ0v) is 11.1. The number of amides is 1. The number of carbonyl (C=O) groups is 1. The maximum absolute atomic E-state index is 11.8. The molecule has 96 valence electrons. The molecule has 2 aromatic rings. The van der Waals surface area contributed by atoms with Crippen molar-refractivity contribution in [1.82, 2.24) is 14.6 Å². The Labute approximate surface area is 108 Å². The lowest BCUT2D eigenvalue weighted by Crippen LogP contribution is -2.27.